The van der Waals surface area contributed by atoms with Crippen LogP contribution in [0, 0.1) is 0 Å². The molecule has 1 aromatic carbocycles. The van der Waals surface area contributed by atoms with Crippen LogP contribution in [0.3, 0.4) is 0 Å². The Kier molecular flexibility index (Phi) is 2.37. The van der Waals surface area contributed by atoms with Crippen LogP contribution in [0.1, 0.15) is 6.92 Å². The van der Waals surface area contributed by atoms with Crippen molar-refractivity contribution < 1.29 is 4.84 Å². The molecule has 3 rings (SSSR count). The summed E-state index contributed by atoms with van der Waals surface area (Å²) in [4.78, 5) is 17.7. The minimum absolute atomic E-state index is 0.0736. The summed E-state index contributed by atoms with van der Waals surface area (Å²) in [5.74, 6) is 0. The molecule has 0 atom stereocenters. The molecule has 0 aliphatic carbocycles. The van der Waals surface area contributed by atoms with Crippen LogP contribution in [0.5, 0.6) is 0 Å². The number of thiophene rings is 1. The highest BCUT2D eigenvalue weighted by Crippen LogP contribution is 2.25. The molecule has 3 aromatic rings. The van der Waals surface area contributed by atoms with Crippen molar-refractivity contribution in [3.05, 3.63) is 46.1 Å². The van der Waals surface area contributed by atoms with Crippen LogP contribution in [-0.4, -0.2) is 11.3 Å². The van der Waals surface area contributed by atoms with Crippen LogP contribution >= 0.6 is 11.3 Å². The SMILES string of the molecule is CCOn1c(=O)c2sccc2c2ccccc21. The van der Waals surface area contributed by atoms with Gasteiger partial charge in [0, 0.05) is 10.8 Å². The molecule has 2 heterocycles. The van der Waals surface area contributed by atoms with Crippen LogP contribution in [0.4, 0.5) is 0 Å². The number of fused-ring (bicyclic) bond motifs is 3. The lowest BCUT2D eigenvalue weighted by Gasteiger charge is -2.10. The number of hydrogen-bond donors (Lipinski definition) is 0. The highest BCUT2D eigenvalue weighted by Gasteiger charge is 2.11. The summed E-state index contributed by atoms with van der Waals surface area (Å²) < 4.78 is 2.14. The number of para-hydroxylation sites is 1. The third-order valence-corrected chi connectivity index (χ3v) is 3.62. The lowest BCUT2D eigenvalue weighted by Crippen LogP contribution is -2.26. The lowest BCUT2D eigenvalue weighted by molar-refractivity contribution is 0.125. The number of nitrogens with zero attached hydrogens (tertiary/aromatic N) is 1. The van der Waals surface area contributed by atoms with Gasteiger partial charge in [-0.15, -0.1) is 16.1 Å². The number of benzene rings is 1. The fourth-order valence-corrected chi connectivity index (χ4v) is 2.85. The first-order valence-corrected chi connectivity index (χ1v) is 6.35. The molecule has 17 heavy (non-hydrogen) atoms. The molecule has 2 aromatic heterocycles. The highest BCUT2D eigenvalue weighted by molar-refractivity contribution is 7.17. The van der Waals surface area contributed by atoms with Crippen molar-refractivity contribution in [3.63, 3.8) is 0 Å². The molecule has 0 fully saturated rings. The van der Waals surface area contributed by atoms with Crippen molar-refractivity contribution in [1.29, 1.82) is 0 Å². The molecule has 4 heteroatoms. The number of hydrogen-bond acceptors (Lipinski definition) is 3. The second-order valence-electron chi connectivity index (χ2n) is 3.70. The van der Waals surface area contributed by atoms with Gasteiger partial charge >= 0.3 is 5.56 Å². The molecule has 0 N–H and O–H groups in total. The zero-order valence-electron chi connectivity index (χ0n) is 9.34. The summed E-state index contributed by atoms with van der Waals surface area (Å²) in [5.41, 5.74) is 0.751. The quantitative estimate of drug-likeness (QED) is 0.695. The van der Waals surface area contributed by atoms with Gasteiger partial charge in [0.1, 0.15) is 11.3 Å². The van der Waals surface area contributed by atoms with Crippen LogP contribution < -0.4 is 10.4 Å². The second-order valence-corrected chi connectivity index (χ2v) is 4.61. The monoisotopic (exact) mass is 245 g/mol. The topological polar surface area (TPSA) is 31.2 Å². The van der Waals surface area contributed by atoms with Gasteiger partial charge in [-0.05, 0) is 24.4 Å². The molecule has 0 saturated carbocycles. The molecule has 0 bridgehead atoms. The van der Waals surface area contributed by atoms with E-state index in [1.807, 2.05) is 42.6 Å². The summed E-state index contributed by atoms with van der Waals surface area (Å²) in [6.07, 6.45) is 0. The normalized spacial score (nSPS) is 11.1. The summed E-state index contributed by atoms with van der Waals surface area (Å²) in [6, 6.07) is 9.79. The zero-order valence-corrected chi connectivity index (χ0v) is 10.2. The molecule has 0 radical (unpaired) electrons. The van der Waals surface area contributed by atoms with Crippen molar-refractivity contribution >= 4 is 32.3 Å². The van der Waals surface area contributed by atoms with Gasteiger partial charge in [0.2, 0.25) is 0 Å². The van der Waals surface area contributed by atoms with E-state index in [0.29, 0.717) is 6.61 Å². The lowest BCUT2D eigenvalue weighted by atomic mass is 10.1. The highest BCUT2D eigenvalue weighted by atomic mass is 32.1. The summed E-state index contributed by atoms with van der Waals surface area (Å²) in [6.45, 7) is 2.35. The molecular formula is C13H11NO2S. The van der Waals surface area contributed by atoms with E-state index in [1.165, 1.54) is 16.1 Å². The maximum absolute atomic E-state index is 12.2. The van der Waals surface area contributed by atoms with Gasteiger partial charge < -0.3 is 4.84 Å². The average molecular weight is 245 g/mol. The Morgan fingerprint density at radius 1 is 1.24 bits per heavy atom. The van der Waals surface area contributed by atoms with Crippen molar-refractivity contribution in [2.45, 2.75) is 6.92 Å². The van der Waals surface area contributed by atoms with E-state index < -0.39 is 0 Å². The van der Waals surface area contributed by atoms with E-state index in [9.17, 15) is 4.79 Å². The van der Waals surface area contributed by atoms with Crippen molar-refractivity contribution in [2.75, 3.05) is 6.61 Å². The first kappa shape index (κ1) is 10.4. The molecule has 3 nitrogen and oxygen atoms in total. The molecular weight excluding hydrogens is 234 g/mol. The van der Waals surface area contributed by atoms with Gasteiger partial charge in [0.15, 0.2) is 0 Å². The third-order valence-electron chi connectivity index (χ3n) is 2.72. The van der Waals surface area contributed by atoms with Crippen molar-refractivity contribution in [2.24, 2.45) is 0 Å². The van der Waals surface area contributed by atoms with E-state index in [-0.39, 0.29) is 5.56 Å². The van der Waals surface area contributed by atoms with Gasteiger partial charge in [-0.1, -0.05) is 18.2 Å². The minimum Gasteiger partial charge on any atom is -0.410 e. The standard InChI is InChI=1S/C13H11NO2S/c1-2-16-14-11-6-4-3-5-9(11)10-7-8-17-12(10)13(14)15/h3-8H,2H2,1H3. The Morgan fingerprint density at radius 3 is 2.88 bits per heavy atom. The summed E-state index contributed by atoms with van der Waals surface area (Å²) in [5, 5.41) is 4.00. The van der Waals surface area contributed by atoms with E-state index in [4.69, 9.17) is 4.84 Å². The first-order chi connectivity index (χ1) is 8.33. The largest absolute Gasteiger partial charge is 0.410 e. The molecule has 0 amide bonds. The van der Waals surface area contributed by atoms with Crippen molar-refractivity contribution in [1.82, 2.24) is 4.73 Å². The van der Waals surface area contributed by atoms with Crippen LogP contribution in [-0.2, 0) is 0 Å². The number of rotatable bonds is 2. The van der Waals surface area contributed by atoms with Gasteiger partial charge in [0.25, 0.3) is 0 Å². The predicted octanol–water partition coefficient (Wildman–Crippen LogP) is 2.66. The molecule has 0 spiro atoms. The smallest absolute Gasteiger partial charge is 0.301 e. The van der Waals surface area contributed by atoms with E-state index >= 15 is 0 Å². The average Bonchev–Trinajstić information content (AvgIpc) is 2.84. The van der Waals surface area contributed by atoms with E-state index in [1.54, 1.807) is 0 Å². The second kappa shape index (κ2) is 3.89. The molecule has 0 unspecified atom stereocenters. The van der Waals surface area contributed by atoms with Gasteiger partial charge in [-0.3, -0.25) is 4.79 Å². The van der Waals surface area contributed by atoms with Crippen LogP contribution in [0.15, 0.2) is 40.5 Å². The van der Waals surface area contributed by atoms with Crippen LogP contribution in [0.2, 0.25) is 0 Å². The van der Waals surface area contributed by atoms with E-state index in [2.05, 4.69) is 0 Å². The Bertz CT molecular complexity index is 742. The van der Waals surface area contributed by atoms with Gasteiger partial charge in [-0.25, -0.2) is 0 Å². The molecule has 0 aliphatic heterocycles. The van der Waals surface area contributed by atoms with Crippen molar-refractivity contribution in [3.8, 4) is 0 Å². The Balaban J connectivity index is 2.57. The third kappa shape index (κ3) is 1.45. The Hall–Kier alpha value is -1.81. The van der Waals surface area contributed by atoms with E-state index in [0.717, 1.165) is 21.0 Å². The van der Waals surface area contributed by atoms with Gasteiger partial charge in [0.05, 0.1) is 5.52 Å². The maximum atomic E-state index is 12.2. The predicted molar refractivity (Wildman–Crippen MR) is 70.7 cm³/mol. The fraction of sp³-hybridized carbons (Fsp3) is 0.154. The minimum atomic E-state index is -0.0736. The number of aromatic nitrogens is 1. The Labute approximate surface area is 102 Å². The van der Waals surface area contributed by atoms with Gasteiger partial charge in [-0.2, -0.15) is 0 Å². The molecule has 0 aliphatic rings. The number of pyridine rings is 1. The zero-order chi connectivity index (χ0) is 11.8. The Morgan fingerprint density at radius 2 is 2.06 bits per heavy atom. The molecule has 0 saturated heterocycles. The molecule has 86 valence electrons. The fourth-order valence-electron chi connectivity index (χ4n) is 2.02. The maximum Gasteiger partial charge on any atom is 0.301 e. The summed E-state index contributed by atoms with van der Waals surface area (Å²) in [7, 11) is 0. The van der Waals surface area contributed by atoms with Crippen LogP contribution in [0.25, 0.3) is 21.0 Å². The first-order valence-electron chi connectivity index (χ1n) is 5.47. The summed E-state index contributed by atoms with van der Waals surface area (Å²) >= 11 is 1.46.